The highest BCUT2D eigenvalue weighted by molar-refractivity contribution is 5.82. The minimum atomic E-state index is -0.657. The van der Waals surface area contributed by atoms with Crippen molar-refractivity contribution in [3.8, 4) is 0 Å². The third-order valence-corrected chi connectivity index (χ3v) is 1.75. The van der Waals surface area contributed by atoms with Crippen molar-refractivity contribution in [2.24, 2.45) is 0 Å². The van der Waals surface area contributed by atoms with Gasteiger partial charge in [-0.3, -0.25) is 9.59 Å². The molecule has 0 fully saturated rings. The topological polar surface area (TPSA) is 93.7 Å². The number of hydrogen-bond donors (Lipinski definition) is 2. The zero-order valence-corrected chi connectivity index (χ0v) is 12.0. The zero-order valence-electron chi connectivity index (χ0n) is 12.0. The number of hydrogen-bond acceptors (Lipinski definition) is 5. The van der Waals surface area contributed by atoms with Gasteiger partial charge < -0.3 is 20.1 Å². The van der Waals surface area contributed by atoms with Crippen LogP contribution < -0.4 is 10.6 Å². The maximum absolute atomic E-state index is 11.4. The quantitative estimate of drug-likeness (QED) is 0.715. The molecule has 2 N–H and O–H groups in total. The number of carbonyl (C=O) groups is 3. The van der Waals surface area contributed by atoms with Crippen molar-refractivity contribution in [3.63, 3.8) is 0 Å². The molecule has 0 saturated carbocycles. The van der Waals surface area contributed by atoms with Gasteiger partial charge in [-0.1, -0.05) is 0 Å². The van der Waals surface area contributed by atoms with E-state index in [4.69, 9.17) is 9.47 Å². The SMILES string of the molecule is CC(=O)OC(C)CNC(=O)CNC(=O)OC(C)(C)C. The minimum absolute atomic E-state index is 0.189. The third-order valence-electron chi connectivity index (χ3n) is 1.75. The molecule has 0 aromatic carbocycles. The Kier molecular flexibility index (Phi) is 6.89. The molecule has 1 unspecified atom stereocenters. The van der Waals surface area contributed by atoms with E-state index in [9.17, 15) is 14.4 Å². The van der Waals surface area contributed by atoms with Crippen LogP contribution >= 0.6 is 0 Å². The average molecular weight is 274 g/mol. The predicted molar refractivity (Wildman–Crippen MR) is 68.5 cm³/mol. The van der Waals surface area contributed by atoms with E-state index in [0.717, 1.165) is 0 Å². The highest BCUT2D eigenvalue weighted by Gasteiger charge is 2.16. The fourth-order valence-electron chi connectivity index (χ4n) is 1.11. The first-order valence-corrected chi connectivity index (χ1v) is 6.01. The number of esters is 1. The van der Waals surface area contributed by atoms with Crippen LogP contribution in [0.5, 0.6) is 0 Å². The highest BCUT2D eigenvalue weighted by atomic mass is 16.6. The Balaban J connectivity index is 3.82. The van der Waals surface area contributed by atoms with Gasteiger partial charge in [0.05, 0.1) is 13.1 Å². The Hall–Kier alpha value is -1.79. The second-order valence-corrected chi connectivity index (χ2v) is 5.08. The standard InChI is InChI=1S/C12H22N2O5/c1-8(18-9(2)15)6-13-10(16)7-14-11(17)19-12(3,4)5/h8H,6-7H2,1-5H3,(H,13,16)(H,14,17). The largest absolute Gasteiger partial charge is 0.461 e. The van der Waals surface area contributed by atoms with Crippen LogP contribution in [0.1, 0.15) is 34.6 Å². The molecule has 0 aromatic heterocycles. The lowest BCUT2D eigenvalue weighted by Crippen LogP contribution is -2.41. The maximum atomic E-state index is 11.4. The summed E-state index contributed by atoms with van der Waals surface area (Å²) >= 11 is 0. The van der Waals surface area contributed by atoms with Crippen molar-refractivity contribution in [2.75, 3.05) is 13.1 Å². The fourth-order valence-corrected chi connectivity index (χ4v) is 1.11. The molecule has 19 heavy (non-hydrogen) atoms. The summed E-state index contributed by atoms with van der Waals surface area (Å²) in [7, 11) is 0. The monoisotopic (exact) mass is 274 g/mol. The Morgan fingerprint density at radius 1 is 1.16 bits per heavy atom. The predicted octanol–water partition coefficient (Wildman–Crippen LogP) is 0.579. The second kappa shape index (κ2) is 7.60. The number of amides is 2. The van der Waals surface area contributed by atoms with E-state index in [1.54, 1.807) is 27.7 Å². The molecule has 0 bridgehead atoms. The molecule has 7 nitrogen and oxygen atoms in total. The van der Waals surface area contributed by atoms with Gasteiger partial charge >= 0.3 is 12.1 Å². The Bertz CT molecular complexity index is 336. The lowest BCUT2D eigenvalue weighted by atomic mass is 10.2. The number of ether oxygens (including phenoxy) is 2. The van der Waals surface area contributed by atoms with Crippen LogP contribution in [0.2, 0.25) is 0 Å². The molecule has 1 atom stereocenters. The molecule has 2 amide bonds. The van der Waals surface area contributed by atoms with Crippen molar-refractivity contribution >= 4 is 18.0 Å². The zero-order chi connectivity index (χ0) is 15.1. The number of rotatable bonds is 5. The summed E-state index contributed by atoms with van der Waals surface area (Å²) in [6.07, 6.45) is -1.07. The van der Waals surface area contributed by atoms with Crippen molar-refractivity contribution in [2.45, 2.75) is 46.3 Å². The van der Waals surface area contributed by atoms with Gasteiger partial charge in [-0.25, -0.2) is 4.79 Å². The molecule has 0 saturated heterocycles. The fraction of sp³-hybridized carbons (Fsp3) is 0.750. The molecular formula is C12H22N2O5. The van der Waals surface area contributed by atoms with E-state index in [0.29, 0.717) is 0 Å². The molecule has 0 spiro atoms. The second-order valence-electron chi connectivity index (χ2n) is 5.08. The summed E-state index contributed by atoms with van der Waals surface area (Å²) in [6, 6.07) is 0. The van der Waals surface area contributed by atoms with Gasteiger partial charge in [-0.2, -0.15) is 0 Å². The third kappa shape index (κ3) is 11.1. The molecule has 0 heterocycles. The van der Waals surface area contributed by atoms with Gasteiger partial charge in [0.1, 0.15) is 11.7 Å². The molecule has 110 valence electrons. The summed E-state index contributed by atoms with van der Waals surface area (Å²) in [5.74, 6) is -0.793. The molecule has 0 aliphatic heterocycles. The first-order chi connectivity index (χ1) is 8.60. The highest BCUT2D eigenvalue weighted by Crippen LogP contribution is 2.05. The van der Waals surface area contributed by atoms with Crippen LogP contribution in [0.25, 0.3) is 0 Å². The van der Waals surface area contributed by atoms with Crippen LogP contribution in [-0.4, -0.2) is 42.8 Å². The molecule has 0 rings (SSSR count). The Morgan fingerprint density at radius 2 is 1.74 bits per heavy atom. The summed E-state index contributed by atoms with van der Waals surface area (Å²) in [5.41, 5.74) is -0.607. The molecule has 0 aromatic rings. The number of alkyl carbamates (subject to hydrolysis) is 1. The first kappa shape index (κ1) is 17.2. The van der Waals surface area contributed by atoms with Crippen LogP contribution in [-0.2, 0) is 19.1 Å². The van der Waals surface area contributed by atoms with Crippen molar-refractivity contribution in [1.29, 1.82) is 0 Å². The van der Waals surface area contributed by atoms with Crippen LogP contribution in [0, 0.1) is 0 Å². The van der Waals surface area contributed by atoms with Gasteiger partial charge in [-0.15, -0.1) is 0 Å². The van der Waals surface area contributed by atoms with Crippen LogP contribution in [0.15, 0.2) is 0 Å². The number of nitrogens with one attached hydrogen (secondary N) is 2. The van der Waals surface area contributed by atoms with Crippen molar-refractivity contribution in [3.05, 3.63) is 0 Å². The smallest absolute Gasteiger partial charge is 0.408 e. The van der Waals surface area contributed by atoms with Crippen molar-refractivity contribution < 1.29 is 23.9 Å². The van der Waals surface area contributed by atoms with Gasteiger partial charge in [0.2, 0.25) is 5.91 Å². The van der Waals surface area contributed by atoms with Crippen LogP contribution in [0.4, 0.5) is 4.79 Å². The van der Waals surface area contributed by atoms with E-state index < -0.39 is 23.8 Å². The molecule has 0 aliphatic carbocycles. The van der Waals surface area contributed by atoms with E-state index in [1.165, 1.54) is 6.92 Å². The Labute approximate surface area is 113 Å². The van der Waals surface area contributed by atoms with E-state index in [1.807, 2.05) is 0 Å². The van der Waals surface area contributed by atoms with Crippen LogP contribution in [0.3, 0.4) is 0 Å². The average Bonchev–Trinajstić information content (AvgIpc) is 2.20. The molecule has 0 aliphatic rings. The van der Waals surface area contributed by atoms with Gasteiger partial charge in [0.15, 0.2) is 0 Å². The summed E-state index contributed by atoms with van der Waals surface area (Å²) < 4.78 is 9.79. The summed E-state index contributed by atoms with van der Waals surface area (Å²) in [4.78, 5) is 33.3. The van der Waals surface area contributed by atoms with Gasteiger partial charge in [0, 0.05) is 6.92 Å². The lowest BCUT2D eigenvalue weighted by molar-refractivity contribution is -0.145. The summed E-state index contributed by atoms with van der Waals surface area (Å²) in [6.45, 7) is 8.13. The van der Waals surface area contributed by atoms with E-state index in [-0.39, 0.29) is 19.0 Å². The molecule has 0 radical (unpaired) electrons. The maximum Gasteiger partial charge on any atom is 0.408 e. The number of carbonyl (C=O) groups excluding carboxylic acids is 3. The molecule has 7 heteroatoms. The lowest BCUT2D eigenvalue weighted by Gasteiger charge is -2.19. The normalized spacial score (nSPS) is 12.3. The van der Waals surface area contributed by atoms with Gasteiger partial charge in [0.25, 0.3) is 0 Å². The van der Waals surface area contributed by atoms with Crippen molar-refractivity contribution in [1.82, 2.24) is 10.6 Å². The van der Waals surface area contributed by atoms with E-state index >= 15 is 0 Å². The van der Waals surface area contributed by atoms with Gasteiger partial charge in [-0.05, 0) is 27.7 Å². The first-order valence-electron chi connectivity index (χ1n) is 6.01. The molecular weight excluding hydrogens is 252 g/mol. The minimum Gasteiger partial charge on any atom is -0.461 e. The Morgan fingerprint density at radius 3 is 2.21 bits per heavy atom. The summed E-state index contributed by atoms with van der Waals surface area (Å²) in [5, 5.41) is 4.84. The van der Waals surface area contributed by atoms with E-state index in [2.05, 4.69) is 10.6 Å².